The topological polar surface area (TPSA) is 17.1 Å². The number of hydrogen-bond donors (Lipinski definition) is 0. The molecule has 0 radical (unpaired) electrons. The maximum atomic E-state index is 12.0. The van der Waals surface area contributed by atoms with Gasteiger partial charge in [0.2, 0.25) is 5.12 Å². The zero-order valence-corrected chi connectivity index (χ0v) is 11.2. The average Bonchev–Trinajstić information content (AvgIpc) is 2.01. The zero-order chi connectivity index (χ0) is 11.0. The van der Waals surface area contributed by atoms with E-state index in [4.69, 9.17) is 11.6 Å². The smallest absolute Gasteiger partial charge is 0.206 e. The molecule has 0 heterocycles. The van der Waals surface area contributed by atoms with Crippen LogP contribution in [0.5, 0.6) is 0 Å². The van der Waals surface area contributed by atoms with Crippen molar-refractivity contribution in [3.63, 3.8) is 0 Å². The van der Waals surface area contributed by atoms with Crippen molar-refractivity contribution in [3.05, 3.63) is 34.9 Å². The van der Waals surface area contributed by atoms with Gasteiger partial charge in [-0.25, -0.2) is 0 Å². The Kier molecular flexibility index (Phi) is 2.96. The van der Waals surface area contributed by atoms with Gasteiger partial charge in [0.1, 0.15) is 0 Å². The van der Waals surface area contributed by atoms with Crippen LogP contribution < -0.4 is 0 Å². The van der Waals surface area contributed by atoms with E-state index in [-0.39, 0.29) is 5.12 Å². The van der Waals surface area contributed by atoms with Gasteiger partial charge in [0, 0.05) is 10.6 Å². The van der Waals surface area contributed by atoms with E-state index in [2.05, 4.69) is 20.7 Å². The van der Waals surface area contributed by atoms with Crippen LogP contribution in [0.2, 0.25) is 5.02 Å². The minimum absolute atomic E-state index is 0.0404. The van der Waals surface area contributed by atoms with Crippen LogP contribution in [-0.4, -0.2) is 23.5 Å². The third-order valence-corrected chi connectivity index (χ3v) is 4.17. The first-order valence-electron chi connectivity index (χ1n) is 3.93. The summed E-state index contributed by atoms with van der Waals surface area (Å²) in [6, 6.07) is 6.86. The second-order valence-electron chi connectivity index (χ2n) is 3.83. The number of carbonyl (C=O) groups excluding carboxylic acids is 1. The highest BCUT2D eigenvalue weighted by Gasteiger charge is 2.25. The summed E-state index contributed by atoms with van der Waals surface area (Å²) in [5.74, 6) is 3.94. The van der Waals surface area contributed by atoms with E-state index in [1.54, 1.807) is 24.3 Å². The fourth-order valence-electron chi connectivity index (χ4n) is 0.950. The number of hydrogen-bond acceptors (Lipinski definition) is 1. The maximum Gasteiger partial charge on any atom is 0.206 e. The molecule has 0 aliphatic heterocycles. The van der Waals surface area contributed by atoms with Crippen LogP contribution in [0.25, 0.3) is 0 Å². The van der Waals surface area contributed by atoms with Gasteiger partial charge in [0.05, 0.1) is 0 Å². The maximum absolute atomic E-state index is 12.0. The molecule has 0 N–H and O–H groups in total. The van der Waals surface area contributed by atoms with E-state index < -0.39 is 7.18 Å². The van der Waals surface area contributed by atoms with Crippen LogP contribution in [0, 0.1) is 0 Å². The summed E-state index contributed by atoms with van der Waals surface area (Å²) in [5.41, 5.74) is 0.647. The second-order valence-corrected chi connectivity index (χ2v) is 14.9. The molecule has 0 spiro atoms. The Morgan fingerprint density at radius 2 is 1.79 bits per heavy atom. The van der Waals surface area contributed by atoms with Crippen molar-refractivity contribution >= 4 is 44.6 Å². The van der Waals surface area contributed by atoms with Crippen LogP contribution in [0.15, 0.2) is 24.3 Å². The Morgan fingerprint density at radius 1 is 1.36 bits per heavy atom. The minimum Gasteiger partial charge on any atom is -0.283 e. The Morgan fingerprint density at radius 3 is 2.14 bits per heavy atom. The molecule has 1 aromatic rings. The molecular weight excluding hydrogens is 284 g/mol. The van der Waals surface area contributed by atoms with Gasteiger partial charge in [-0.05, 0) is 51.6 Å². The molecule has 0 saturated carbocycles. The first kappa shape index (κ1) is 12.0. The summed E-state index contributed by atoms with van der Waals surface area (Å²) >= 11 is 9.15. The fraction of sp³-hybridized carbons (Fsp3) is 0.200. The van der Waals surface area contributed by atoms with Gasteiger partial charge >= 0.3 is 0 Å². The third kappa shape index (κ3) is 2.94. The van der Waals surface area contributed by atoms with Crippen molar-refractivity contribution in [2.24, 2.45) is 0 Å². The predicted molar refractivity (Wildman–Crippen MR) is 71.3 cm³/mol. The third-order valence-electron chi connectivity index (χ3n) is 1.65. The summed E-state index contributed by atoms with van der Waals surface area (Å²) in [6.45, 7) is 0. The second kappa shape index (κ2) is 3.47. The van der Waals surface area contributed by atoms with E-state index in [1.165, 1.54) is 0 Å². The number of carbonyl (C=O) groups is 1. The normalized spacial score (nSPS) is 14.4. The highest BCUT2D eigenvalue weighted by Crippen LogP contribution is 2.59. The van der Waals surface area contributed by atoms with Crippen molar-refractivity contribution in [1.29, 1.82) is 0 Å². The molecule has 0 aromatic heterocycles. The van der Waals surface area contributed by atoms with Crippen LogP contribution in [0.4, 0.5) is 0 Å². The van der Waals surface area contributed by atoms with Gasteiger partial charge in [0.15, 0.2) is 0 Å². The van der Waals surface area contributed by atoms with Gasteiger partial charge < -0.3 is 0 Å². The summed E-state index contributed by atoms with van der Waals surface area (Å²) in [5, 5.41) is 0.670. The summed E-state index contributed by atoms with van der Waals surface area (Å²) in [6.07, 6.45) is 3.68. The minimum atomic E-state index is -2.36. The van der Waals surface area contributed by atoms with E-state index in [0.29, 0.717) is 10.6 Å². The molecule has 4 heteroatoms. The molecular formula is C10H12BrClOS. The number of benzene rings is 1. The van der Waals surface area contributed by atoms with E-state index in [0.717, 1.165) is 0 Å². The average molecular weight is 296 g/mol. The molecule has 0 saturated heterocycles. The molecule has 14 heavy (non-hydrogen) atoms. The van der Waals surface area contributed by atoms with Crippen molar-refractivity contribution in [1.82, 2.24) is 0 Å². The lowest BCUT2D eigenvalue weighted by atomic mass is 10.2. The molecule has 0 atom stereocenters. The molecule has 0 bridgehead atoms. The number of rotatable bonds is 1. The molecule has 0 unspecified atom stereocenters. The fourth-order valence-corrected chi connectivity index (χ4v) is 2.50. The predicted octanol–water partition coefficient (Wildman–Crippen LogP) is 3.82. The summed E-state index contributed by atoms with van der Waals surface area (Å²) in [7, 11) is -2.36. The standard InChI is InChI=1S/C10H12BrClOS/c1-14(2,3,11)10(13)8-4-6-9(12)7-5-8/h4-7H,1H2,2-3H3. The zero-order valence-electron chi connectivity index (χ0n) is 8.09. The Hall–Kier alpha value is -0.120. The molecule has 0 amide bonds. The highest BCUT2D eigenvalue weighted by atomic mass is 79.9. The molecule has 0 aliphatic carbocycles. The largest absolute Gasteiger partial charge is 0.283 e. The SMILES string of the molecule is C=S(C)(C)(Br)C(=O)c1ccc(Cl)cc1. The number of halogens is 2. The van der Waals surface area contributed by atoms with Gasteiger partial charge in [-0.3, -0.25) is 4.79 Å². The lowest BCUT2D eigenvalue weighted by Crippen LogP contribution is -2.10. The van der Waals surface area contributed by atoms with Gasteiger partial charge in [-0.1, -0.05) is 17.5 Å². The monoisotopic (exact) mass is 294 g/mol. The summed E-state index contributed by atoms with van der Waals surface area (Å²) in [4.78, 5) is 12.0. The lowest BCUT2D eigenvalue weighted by Gasteiger charge is -2.30. The molecule has 78 valence electrons. The quantitative estimate of drug-likeness (QED) is 0.720. The molecule has 1 nitrogen and oxygen atoms in total. The van der Waals surface area contributed by atoms with Crippen LogP contribution in [0.1, 0.15) is 10.4 Å². The van der Waals surface area contributed by atoms with Gasteiger partial charge in [-0.15, -0.1) is 7.18 Å². The van der Waals surface area contributed by atoms with Gasteiger partial charge in [-0.2, -0.15) is 0 Å². The lowest BCUT2D eigenvalue weighted by molar-refractivity contribution is 0.108. The van der Waals surface area contributed by atoms with Crippen LogP contribution in [0.3, 0.4) is 0 Å². The highest BCUT2D eigenvalue weighted by molar-refractivity contribution is 9.63. The van der Waals surface area contributed by atoms with Gasteiger partial charge in [0.25, 0.3) is 0 Å². The molecule has 0 fully saturated rings. The van der Waals surface area contributed by atoms with Crippen LogP contribution in [-0.2, 0) is 0 Å². The molecule has 1 aromatic carbocycles. The molecule has 1 rings (SSSR count). The van der Waals surface area contributed by atoms with Crippen molar-refractivity contribution in [2.75, 3.05) is 12.5 Å². The summed E-state index contributed by atoms with van der Waals surface area (Å²) < 4.78 is 0. The Balaban J connectivity index is 3.16. The van der Waals surface area contributed by atoms with Crippen molar-refractivity contribution < 1.29 is 4.79 Å². The van der Waals surface area contributed by atoms with E-state index >= 15 is 0 Å². The van der Waals surface area contributed by atoms with Crippen molar-refractivity contribution in [3.8, 4) is 0 Å². The first-order chi connectivity index (χ1) is 6.17. The molecule has 0 aliphatic rings. The Labute approximate surface area is 96.5 Å². The van der Waals surface area contributed by atoms with E-state index in [9.17, 15) is 4.79 Å². The first-order valence-corrected chi connectivity index (χ1v) is 9.18. The Bertz CT molecular complexity index is 419. The van der Waals surface area contributed by atoms with E-state index in [1.807, 2.05) is 12.5 Å². The van der Waals surface area contributed by atoms with Crippen LogP contribution >= 0.6 is 33.6 Å². The van der Waals surface area contributed by atoms with Crippen molar-refractivity contribution in [2.45, 2.75) is 0 Å².